The van der Waals surface area contributed by atoms with Crippen molar-refractivity contribution in [2.75, 3.05) is 26.2 Å². The molecule has 144 valence electrons. The molecule has 1 unspecified atom stereocenters. The quantitative estimate of drug-likeness (QED) is 0.902. The van der Waals surface area contributed by atoms with E-state index < -0.39 is 0 Å². The molecule has 0 spiro atoms. The Morgan fingerprint density at radius 3 is 2.67 bits per heavy atom. The highest BCUT2D eigenvalue weighted by molar-refractivity contribution is 5.82. The number of rotatable bonds is 4. The number of H-pyrrole nitrogens is 1. The number of amides is 1. The first-order chi connectivity index (χ1) is 13.1. The number of nitrogens with zero attached hydrogens (tertiary/aromatic N) is 3. The van der Waals surface area contributed by atoms with E-state index in [4.69, 9.17) is 0 Å². The van der Waals surface area contributed by atoms with Crippen molar-refractivity contribution >= 4 is 5.91 Å². The molecule has 2 aliphatic rings. The van der Waals surface area contributed by atoms with Crippen LogP contribution in [-0.2, 0) is 11.3 Å². The van der Waals surface area contributed by atoms with Gasteiger partial charge in [-0.3, -0.25) is 14.8 Å². The van der Waals surface area contributed by atoms with E-state index in [2.05, 4.69) is 57.3 Å². The van der Waals surface area contributed by atoms with Gasteiger partial charge in [-0.1, -0.05) is 37.3 Å². The monoisotopic (exact) mass is 366 g/mol. The van der Waals surface area contributed by atoms with Gasteiger partial charge in [0.25, 0.3) is 0 Å². The van der Waals surface area contributed by atoms with Crippen LogP contribution in [0.5, 0.6) is 0 Å². The normalized spacial score (nSPS) is 23.3. The predicted octanol–water partition coefficient (Wildman–Crippen LogP) is 3.42. The molecule has 0 radical (unpaired) electrons. The van der Waals surface area contributed by atoms with E-state index in [1.165, 1.54) is 5.56 Å². The van der Waals surface area contributed by atoms with E-state index in [0.29, 0.717) is 11.8 Å². The molecular formula is C22H30N4O. The minimum absolute atomic E-state index is 0.219. The maximum atomic E-state index is 13.3. The molecule has 1 atom stereocenters. The van der Waals surface area contributed by atoms with Gasteiger partial charge in [-0.25, -0.2) is 0 Å². The molecule has 1 amide bonds. The van der Waals surface area contributed by atoms with Crippen LogP contribution in [0.4, 0.5) is 0 Å². The summed E-state index contributed by atoms with van der Waals surface area (Å²) in [4.78, 5) is 17.9. The highest BCUT2D eigenvalue weighted by atomic mass is 16.2. The molecule has 5 heteroatoms. The Morgan fingerprint density at radius 1 is 1.19 bits per heavy atom. The van der Waals surface area contributed by atoms with Gasteiger partial charge in [0.05, 0.1) is 0 Å². The third kappa shape index (κ3) is 4.08. The summed E-state index contributed by atoms with van der Waals surface area (Å²) in [6.45, 7) is 6.87. The van der Waals surface area contributed by atoms with Crippen LogP contribution in [0.15, 0.2) is 42.6 Å². The van der Waals surface area contributed by atoms with E-state index in [9.17, 15) is 4.79 Å². The minimum atomic E-state index is -0.219. The molecule has 0 saturated carbocycles. The fraction of sp³-hybridized carbons (Fsp3) is 0.545. The van der Waals surface area contributed by atoms with Gasteiger partial charge >= 0.3 is 0 Å². The maximum absolute atomic E-state index is 13.3. The van der Waals surface area contributed by atoms with Gasteiger partial charge in [-0.05, 0) is 50.4 Å². The molecule has 1 aromatic carbocycles. The van der Waals surface area contributed by atoms with E-state index in [1.807, 2.05) is 6.07 Å². The van der Waals surface area contributed by atoms with Crippen molar-refractivity contribution in [3.05, 3.63) is 53.9 Å². The Hall–Kier alpha value is -2.14. The number of carbonyl (C=O) groups excluding carboxylic acids is 1. The number of nitrogens with one attached hydrogen (secondary N) is 1. The van der Waals surface area contributed by atoms with Crippen LogP contribution in [0.2, 0.25) is 0 Å². The second-order valence-electron chi connectivity index (χ2n) is 8.42. The lowest BCUT2D eigenvalue weighted by atomic mass is 9.78. The van der Waals surface area contributed by atoms with Crippen molar-refractivity contribution in [2.24, 2.45) is 5.41 Å². The Bertz CT molecular complexity index is 735. The van der Waals surface area contributed by atoms with Crippen molar-refractivity contribution in [3.63, 3.8) is 0 Å². The predicted molar refractivity (Wildman–Crippen MR) is 106 cm³/mol. The Labute approximate surface area is 161 Å². The average Bonchev–Trinajstić information content (AvgIpc) is 3.25. The first-order valence-corrected chi connectivity index (χ1v) is 10.2. The Kier molecular flexibility index (Phi) is 5.30. The summed E-state index contributed by atoms with van der Waals surface area (Å²) in [6, 6.07) is 12.7. The van der Waals surface area contributed by atoms with Gasteiger partial charge in [-0.15, -0.1) is 0 Å². The zero-order chi connectivity index (χ0) is 18.7. The van der Waals surface area contributed by atoms with Crippen molar-refractivity contribution in [2.45, 2.75) is 45.1 Å². The van der Waals surface area contributed by atoms with Crippen molar-refractivity contribution < 1.29 is 4.79 Å². The van der Waals surface area contributed by atoms with Gasteiger partial charge in [-0.2, -0.15) is 5.10 Å². The summed E-state index contributed by atoms with van der Waals surface area (Å²) >= 11 is 0. The molecule has 2 saturated heterocycles. The number of carbonyl (C=O) groups is 1. The smallest absolute Gasteiger partial charge is 0.228 e. The van der Waals surface area contributed by atoms with Crippen molar-refractivity contribution in [1.82, 2.24) is 20.0 Å². The molecule has 1 N–H and O–H groups in total. The molecule has 2 aromatic rings. The first-order valence-electron chi connectivity index (χ1n) is 10.2. The van der Waals surface area contributed by atoms with Crippen LogP contribution >= 0.6 is 0 Å². The summed E-state index contributed by atoms with van der Waals surface area (Å²) in [7, 11) is 0. The molecule has 4 rings (SSSR count). The standard InChI is InChI=1S/C22H30N4O/c1-22(10-14-25(15-11-22)16-18-6-3-2-4-7-18)21(27)26-13-5-8-19(17-26)20-9-12-23-24-20/h2-4,6-7,9,12,19H,5,8,10-11,13-17H2,1H3,(H,23,24). The molecule has 2 aliphatic heterocycles. The fourth-order valence-electron chi connectivity index (χ4n) is 4.55. The SMILES string of the molecule is CC1(C(=O)N2CCCC(c3ccn[nH]3)C2)CCN(Cc2ccccc2)CC1. The first kappa shape index (κ1) is 18.2. The van der Waals surface area contributed by atoms with Gasteiger partial charge < -0.3 is 4.90 Å². The van der Waals surface area contributed by atoms with Crippen molar-refractivity contribution in [3.8, 4) is 0 Å². The lowest BCUT2D eigenvalue weighted by molar-refractivity contribution is -0.145. The van der Waals surface area contributed by atoms with Crippen LogP contribution < -0.4 is 0 Å². The summed E-state index contributed by atoms with van der Waals surface area (Å²) < 4.78 is 0. The van der Waals surface area contributed by atoms with E-state index in [1.54, 1.807) is 6.20 Å². The minimum Gasteiger partial charge on any atom is -0.342 e. The topological polar surface area (TPSA) is 52.2 Å². The number of hydrogen-bond acceptors (Lipinski definition) is 3. The number of aromatic nitrogens is 2. The molecule has 1 aromatic heterocycles. The summed E-state index contributed by atoms with van der Waals surface area (Å²) in [5, 5.41) is 7.17. The van der Waals surface area contributed by atoms with E-state index >= 15 is 0 Å². The molecule has 27 heavy (non-hydrogen) atoms. The van der Waals surface area contributed by atoms with Gasteiger partial charge in [0.15, 0.2) is 0 Å². The largest absolute Gasteiger partial charge is 0.342 e. The second-order valence-corrected chi connectivity index (χ2v) is 8.42. The van der Waals surface area contributed by atoms with Crippen LogP contribution in [0.3, 0.4) is 0 Å². The Morgan fingerprint density at radius 2 is 1.96 bits per heavy atom. The number of aromatic amines is 1. The summed E-state index contributed by atoms with van der Waals surface area (Å²) in [6.07, 6.45) is 5.91. The third-order valence-corrected chi connectivity index (χ3v) is 6.40. The molecule has 2 fully saturated rings. The van der Waals surface area contributed by atoms with Crippen LogP contribution in [0.25, 0.3) is 0 Å². The van der Waals surface area contributed by atoms with Crippen LogP contribution in [0, 0.1) is 5.41 Å². The molecule has 0 bridgehead atoms. The number of likely N-dealkylation sites (tertiary alicyclic amines) is 2. The van der Waals surface area contributed by atoms with Crippen LogP contribution in [-0.4, -0.2) is 52.1 Å². The lowest BCUT2D eigenvalue weighted by Gasteiger charge is -2.43. The van der Waals surface area contributed by atoms with Crippen LogP contribution in [0.1, 0.15) is 49.8 Å². The number of piperidine rings is 2. The number of benzene rings is 1. The zero-order valence-electron chi connectivity index (χ0n) is 16.2. The molecular weight excluding hydrogens is 336 g/mol. The van der Waals surface area contributed by atoms with Gasteiger partial charge in [0.1, 0.15) is 0 Å². The van der Waals surface area contributed by atoms with Gasteiger partial charge in [0.2, 0.25) is 5.91 Å². The maximum Gasteiger partial charge on any atom is 0.228 e. The number of hydrogen-bond donors (Lipinski definition) is 1. The third-order valence-electron chi connectivity index (χ3n) is 6.40. The fourth-order valence-corrected chi connectivity index (χ4v) is 4.55. The second kappa shape index (κ2) is 7.85. The van der Waals surface area contributed by atoms with E-state index in [-0.39, 0.29) is 5.41 Å². The zero-order valence-corrected chi connectivity index (χ0v) is 16.2. The summed E-state index contributed by atoms with van der Waals surface area (Å²) in [5.41, 5.74) is 2.30. The van der Waals surface area contributed by atoms with E-state index in [0.717, 1.165) is 64.1 Å². The highest BCUT2D eigenvalue weighted by Gasteiger charge is 2.40. The highest BCUT2D eigenvalue weighted by Crippen LogP contribution is 2.36. The lowest BCUT2D eigenvalue weighted by Crippen LogP contribution is -2.51. The average molecular weight is 367 g/mol. The molecule has 0 aliphatic carbocycles. The molecule has 3 heterocycles. The summed E-state index contributed by atoms with van der Waals surface area (Å²) in [5.74, 6) is 0.748. The Balaban J connectivity index is 1.34. The van der Waals surface area contributed by atoms with Gasteiger partial charge in [0, 0.05) is 42.9 Å². The van der Waals surface area contributed by atoms with Crippen molar-refractivity contribution in [1.29, 1.82) is 0 Å². The molecule has 5 nitrogen and oxygen atoms in total.